The van der Waals surface area contributed by atoms with Crippen LogP contribution in [0.4, 0.5) is 0 Å². The van der Waals surface area contributed by atoms with Crippen molar-refractivity contribution in [2.24, 2.45) is 0 Å². The zero-order valence-electron chi connectivity index (χ0n) is 22.1. The Balaban J connectivity index is 2.91. The largest absolute Gasteiger partial charge is 0.357 e. The van der Waals surface area contributed by atoms with Gasteiger partial charge < -0.3 is 0 Å². The van der Waals surface area contributed by atoms with Crippen molar-refractivity contribution in [3.05, 3.63) is 0 Å². The van der Waals surface area contributed by atoms with E-state index >= 15 is 0 Å². The van der Waals surface area contributed by atoms with E-state index in [0.717, 1.165) is 8.97 Å². The summed E-state index contributed by atoms with van der Waals surface area (Å²) in [5.41, 5.74) is 0.265. The topological polar surface area (TPSA) is 6.48 Å². The van der Waals surface area contributed by atoms with Crippen LogP contribution < -0.4 is 0 Å². The van der Waals surface area contributed by atoms with E-state index in [1.54, 1.807) is 0 Å². The first kappa shape index (κ1) is 25.1. The fourth-order valence-corrected chi connectivity index (χ4v) is 7.22. The van der Waals surface area contributed by atoms with E-state index in [4.69, 9.17) is 0 Å². The van der Waals surface area contributed by atoms with Gasteiger partial charge in [0.15, 0.2) is 0 Å². The summed E-state index contributed by atoms with van der Waals surface area (Å²) in [6, 6.07) is 1.33. The molecule has 0 aromatic heterocycles. The molecule has 2 saturated heterocycles. The highest BCUT2D eigenvalue weighted by molar-refractivity contribution is 5.02. The van der Waals surface area contributed by atoms with Gasteiger partial charge in [0.05, 0.1) is 39.8 Å². The Morgan fingerprint density at radius 1 is 0.828 bits per heavy atom. The standard InChI is InChI=1S/C25H54N4/c1-13-17-21-20-28(11,15-3)25(27(21)24(8,9)10)26(23(5,6)7)19-22(18-14-2)29(25,12)16-4/h21-22H,13-20H2,1-12H3/q+2/t21?,22?,25?,28-,29-/m1/s1. The highest BCUT2D eigenvalue weighted by Gasteiger charge is 2.81. The molecule has 2 aliphatic rings. The van der Waals surface area contributed by atoms with Gasteiger partial charge in [-0.15, -0.1) is 0 Å². The van der Waals surface area contributed by atoms with Crippen LogP contribution in [-0.4, -0.2) is 88.1 Å². The predicted octanol–water partition coefficient (Wildman–Crippen LogP) is 5.10. The third-order valence-corrected chi connectivity index (χ3v) is 8.40. The van der Waals surface area contributed by atoms with E-state index in [0.29, 0.717) is 12.1 Å². The predicted molar refractivity (Wildman–Crippen MR) is 126 cm³/mol. The third-order valence-electron chi connectivity index (χ3n) is 8.40. The molecule has 0 N–H and O–H groups in total. The average molecular weight is 411 g/mol. The van der Waals surface area contributed by atoms with Crippen LogP contribution in [0.25, 0.3) is 0 Å². The summed E-state index contributed by atoms with van der Waals surface area (Å²) < 4.78 is 2.29. The van der Waals surface area contributed by atoms with Crippen LogP contribution >= 0.6 is 0 Å². The SMILES string of the molecule is CCCC1C[N@@+](C)(CC)C2(N(C(C)(C)C)CC(CCC)[N@@+]2(C)CC)N1C(C)(C)C. The van der Waals surface area contributed by atoms with Crippen LogP contribution in [0.1, 0.15) is 94.9 Å². The minimum Gasteiger partial charge on any atom is -0.244 e. The van der Waals surface area contributed by atoms with Crippen LogP contribution in [0.2, 0.25) is 0 Å². The first-order valence-electron chi connectivity index (χ1n) is 12.5. The normalized spacial score (nSPS) is 39.7. The number of quaternary nitrogens is 2. The molecule has 2 fully saturated rings. The first-order chi connectivity index (χ1) is 13.2. The molecule has 3 unspecified atom stereocenters. The Hall–Kier alpha value is -0.160. The summed E-state index contributed by atoms with van der Waals surface area (Å²) in [4.78, 5) is 5.96. The van der Waals surface area contributed by atoms with Gasteiger partial charge in [0.1, 0.15) is 12.6 Å². The second kappa shape index (κ2) is 8.07. The van der Waals surface area contributed by atoms with E-state index in [2.05, 4.69) is 93.1 Å². The molecule has 0 aromatic carbocycles. The molecule has 0 aliphatic carbocycles. The van der Waals surface area contributed by atoms with E-state index in [9.17, 15) is 0 Å². The maximum absolute atomic E-state index is 3.01. The molecular formula is C25H54N4+2. The molecule has 2 aliphatic heterocycles. The van der Waals surface area contributed by atoms with Gasteiger partial charge in [-0.3, -0.25) is 0 Å². The fraction of sp³-hybridized carbons (Fsp3) is 1.00. The summed E-state index contributed by atoms with van der Waals surface area (Å²) in [7, 11) is 5.18. The number of rotatable bonds is 6. The van der Waals surface area contributed by atoms with E-state index < -0.39 is 0 Å². The number of likely N-dealkylation sites (N-methyl/N-ethyl adjacent to an activating group) is 2. The molecule has 5 atom stereocenters. The van der Waals surface area contributed by atoms with Crippen LogP contribution in [0.5, 0.6) is 0 Å². The monoisotopic (exact) mass is 410 g/mol. The Labute approximate surface area is 183 Å². The van der Waals surface area contributed by atoms with Crippen LogP contribution in [0.15, 0.2) is 0 Å². The molecule has 0 aromatic rings. The van der Waals surface area contributed by atoms with Gasteiger partial charge in [-0.25, -0.2) is 8.97 Å². The Kier molecular flexibility index (Phi) is 6.99. The molecule has 2 rings (SSSR count). The lowest BCUT2D eigenvalue weighted by Gasteiger charge is -2.60. The second-order valence-electron chi connectivity index (χ2n) is 12.3. The van der Waals surface area contributed by atoms with Gasteiger partial charge in [0.2, 0.25) is 0 Å². The molecular weight excluding hydrogens is 356 g/mol. The minimum absolute atomic E-state index is 0.0142. The van der Waals surface area contributed by atoms with Crippen molar-refractivity contribution in [3.63, 3.8) is 0 Å². The summed E-state index contributed by atoms with van der Waals surface area (Å²) in [6.45, 7) is 29.2. The molecule has 0 bridgehead atoms. The first-order valence-corrected chi connectivity index (χ1v) is 12.5. The Morgan fingerprint density at radius 2 is 1.38 bits per heavy atom. The molecule has 4 nitrogen and oxygen atoms in total. The number of hydrogen-bond donors (Lipinski definition) is 0. The maximum atomic E-state index is 3.01. The summed E-state index contributed by atoms with van der Waals surface area (Å²) in [5.74, 6) is -0.0142. The molecule has 1 spiro atoms. The lowest BCUT2D eigenvalue weighted by atomic mass is 9.98. The molecule has 2 heterocycles. The Morgan fingerprint density at radius 3 is 1.76 bits per heavy atom. The maximum Gasteiger partial charge on any atom is 0.357 e. The minimum atomic E-state index is -0.0142. The molecule has 172 valence electrons. The van der Waals surface area contributed by atoms with Crippen LogP contribution in [-0.2, 0) is 0 Å². The van der Waals surface area contributed by atoms with Gasteiger partial charge in [-0.1, -0.05) is 26.7 Å². The molecule has 0 saturated carbocycles. The van der Waals surface area contributed by atoms with Gasteiger partial charge >= 0.3 is 5.91 Å². The fourth-order valence-electron chi connectivity index (χ4n) is 7.22. The van der Waals surface area contributed by atoms with Crippen molar-refractivity contribution in [3.8, 4) is 0 Å². The Bertz CT molecular complexity index is 562. The number of nitrogens with zero attached hydrogens (tertiary/aromatic N) is 4. The van der Waals surface area contributed by atoms with Gasteiger partial charge in [0.25, 0.3) is 0 Å². The van der Waals surface area contributed by atoms with Crippen molar-refractivity contribution >= 4 is 0 Å². The zero-order chi connectivity index (χ0) is 22.5. The summed E-state index contributed by atoms with van der Waals surface area (Å²) in [6.07, 6.45) is 5.16. The number of hydrogen-bond acceptors (Lipinski definition) is 2. The van der Waals surface area contributed by atoms with Crippen molar-refractivity contribution in [2.45, 2.75) is 124 Å². The van der Waals surface area contributed by atoms with Crippen LogP contribution in [0, 0.1) is 0 Å². The van der Waals surface area contributed by atoms with Gasteiger partial charge in [-0.2, -0.15) is 9.80 Å². The highest BCUT2D eigenvalue weighted by atomic mass is 15.9. The van der Waals surface area contributed by atoms with Crippen molar-refractivity contribution in [1.29, 1.82) is 0 Å². The zero-order valence-corrected chi connectivity index (χ0v) is 22.1. The smallest absolute Gasteiger partial charge is 0.244 e. The van der Waals surface area contributed by atoms with E-state index in [1.807, 2.05) is 0 Å². The van der Waals surface area contributed by atoms with Gasteiger partial charge in [0, 0.05) is 17.5 Å². The highest BCUT2D eigenvalue weighted by Crippen LogP contribution is 2.56. The molecule has 29 heavy (non-hydrogen) atoms. The second-order valence-corrected chi connectivity index (χ2v) is 12.3. The molecule has 4 heteroatoms. The van der Waals surface area contributed by atoms with Crippen molar-refractivity contribution in [1.82, 2.24) is 9.80 Å². The quantitative estimate of drug-likeness (QED) is 0.562. The van der Waals surface area contributed by atoms with E-state index in [1.165, 1.54) is 51.9 Å². The van der Waals surface area contributed by atoms with Gasteiger partial charge in [-0.05, 0) is 61.8 Å². The molecule has 0 radical (unpaired) electrons. The average Bonchev–Trinajstić information content (AvgIpc) is 3.01. The molecule has 0 amide bonds. The summed E-state index contributed by atoms with van der Waals surface area (Å²) in [5, 5.41) is 0. The lowest BCUT2D eigenvalue weighted by Crippen LogP contribution is -2.85. The van der Waals surface area contributed by atoms with Crippen molar-refractivity contribution in [2.75, 3.05) is 40.3 Å². The van der Waals surface area contributed by atoms with E-state index in [-0.39, 0.29) is 17.0 Å². The lowest BCUT2D eigenvalue weighted by molar-refractivity contribution is -1.17. The third kappa shape index (κ3) is 3.50. The summed E-state index contributed by atoms with van der Waals surface area (Å²) >= 11 is 0. The van der Waals surface area contributed by atoms with Crippen molar-refractivity contribution < 1.29 is 8.97 Å². The van der Waals surface area contributed by atoms with Crippen LogP contribution in [0.3, 0.4) is 0 Å².